The van der Waals surface area contributed by atoms with Gasteiger partial charge in [0, 0.05) is 24.0 Å². The van der Waals surface area contributed by atoms with Crippen molar-refractivity contribution in [2.75, 3.05) is 6.54 Å². The SMILES string of the molecule is CC(NC(CNC(=O)OC(C)(C)C)C1CCCC1)c1cscn1. The van der Waals surface area contributed by atoms with Crippen LogP contribution in [0.2, 0.25) is 0 Å². The molecule has 2 N–H and O–H groups in total. The molecule has 0 spiro atoms. The van der Waals surface area contributed by atoms with E-state index in [9.17, 15) is 4.79 Å². The number of nitrogens with one attached hydrogen (secondary N) is 2. The van der Waals surface area contributed by atoms with Crippen LogP contribution in [0.4, 0.5) is 4.79 Å². The van der Waals surface area contributed by atoms with E-state index in [1.165, 1.54) is 25.7 Å². The molecular weight excluding hydrogens is 310 g/mol. The maximum absolute atomic E-state index is 11.9. The Balaban J connectivity index is 1.90. The van der Waals surface area contributed by atoms with Crippen molar-refractivity contribution < 1.29 is 9.53 Å². The van der Waals surface area contributed by atoms with Crippen LogP contribution in [0.1, 0.15) is 65.1 Å². The lowest BCUT2D eigenvalue weighted by Crippen LogP contribution is -2.46. The number of nitrogens with zero attached hydrogens (tertiary/aromatic N) is 1. The first-order chi connectivity index (χ1) is 10.8. The van der Waals surface area contributed by atoms with Crippen LogP contribution >= 0.6 is 11.3 Å². The zero-order valence-electron chi connectivity index (χ0n) is 14.6. The van der Waals surface area contributed by atoms with Gasteiger partial charge < -0.3 is 15.4 Å². The summed E-state index contributed by atoms with van der Waals surface area (Å²) >= 11 is 1.61. The number of thiazole rings is 1. The average molecular weight is 340 g/mol. The molecule has 130 valence electrons. The fourth-order valence-electron chi connectivity index (χ4n) is 3.07. The molecule has 0 aliphatic heterocycles. The quantitative estimate of drug-likeness (QED) is 0.825. The van der Waals surface area contributed by atoms with E-state index in [-0.39, 0.29) is 18.2 Å². The first kappa shape index (κ1) is 18.2. The van der Waals surface area contributed by atoms with Gasteiger partial charge >= 0.3 is 6.09 Å². The predicted molar refractivity (Wildman–Crippen MR) is 93.6 cm³/mol. The van der Waals surface area contributed by atoms with Crippen molar-refractivity contribution in [3.05, 3.63) is 16.6 Å². The van der Waals surface area contributed by atoms with E-state index < -0.39 is 5.60 Å². The summed E-state index contributed by atoms with van der Waals surface area (Å²) in [7, 11) is 0. The monoisotopic (exact) mass is 339 g/mol. The first-order valence-corrected chi connectivity index (χ1v) is 9.40. The highest BCUT2D eigenvalue weighted by molar-refractivity contribution is 7.07. The van der Waals surface area contributed by atoms with Crippen LogP contribution in [0.15, 0.2) is 10.9 Å². The van der Waals surface area contributed by atoms with Crippen molar-refractivity contribution in [3.63, 3.8) is 0 Å². The minimum Gasteiger partial charge on any atom is -0.444 e. The molecule has 1 aromatic rings. The maximum Gasteiger partial charge on any atom is 0.407 e. The number of amides is 1. The summed E-state index contributed by atoms with van der Waals surface area (Å²) in [5, 5.41) is 8.65. The zero-order valence-corrected chi connectivity index (χ0v) is 15.4. The molecule has 23 heavy (non-hydrogen) atoms. The second kappa shape index (κ2) is 8.11. The minimum absolute atomic E-state index is 0.187. The molecule has 2 unspecified atom stereocenters. The largest absolute Gasteiger partial charge is 0.444 e. The van der Waals surface area contributed by atoms with E-state index in [4.69, 9.17) is 4.74 Å². The summed E-state index contributed by atoms with van der Waals surface area (Å²) < 4.78 is 5.34. The first-order valence-electron chi connectivity index (χ1n) is 8.46. The number of hydrogen-bond donors (Lipinski definition) is 2. The molecule has 0 bridgehead atoms. The number of hydrogen-bond acceptors (Lipinski definition) is 5. The Morgan fingerprint density at radius 2 is 2.13 bits per heavy atom. The van der Waals surface area contributed by atoms with E-state index in [1.54, 1.807) is 11.3 Å². The van der Waals surface area contributed by atoms with Gasteiger partial charge in [-0.2, -0.15) is 0 Å². The predicted octanol–water partition coefficient (Wildman–Crippen LogP) is 3.88. The normalized spacial score (nSPS) is 18.6. The van der Waals surface area contributed by atoms with Crippen LogP contribution in [-0.4, -0.2) is 29.3 Å². The Hall–Kier alpha value is -1.14. The zero-order chi connectivity index (χ0) is 16.9. The fraction of sp³-hybridized carbons (Fsp3) is 0.765. The van der Waals surface area contributed by atoms with E-state index >= 15 is 0 Å². The molecular formula is C17H29N3O2S. The highest BCUT2D eigenvalue weighted by Crippen LogP contribution is 2.29. The van der Waals surface area contributed by atoms with Gasteiger partial charge in [0.25, 0.3) is 0 Å². The lowest BCUT2D eigenvalue weighted by Gasteiger charge is -2.28. The van der Waals surface area contributed by atoms with E-state index in [0.29, 0.717) is 12.5 Å². The lowest BCUT2D eigenvalue weighted by atomic mass is 9.97. The van der Waals surface area contributed by atoms with Gasteiger partial charge in [0.2, 0.25) is 0 Å². The van der Waals surface area contributed by atoms with Crippen molar-refractivity contribution in [1.82, 2.24) is 15.6 Å². The molecule has 1 aliphatic carbocycles. The molecule has 1 heterocycles. The molecule has 2 rings (SSSR count). The number of rotatable bonds is 6. The van der Waals surface area contributed by atoms with E-state index in [1.807, 2.05) is 26.3 Å². The highest BCUT2D eigenvalue weighted by Gasteiger charge is 2.27. The summed E-state index contributed by atoms with van der Waals surface area (Å²) in [4.78, 5) is 16.3. The smallest absolute Gasteiger partial charge is 0.407 e. The van der Waals surface area contributed by atoms with Crippen LogP contribution in [0.3, 0.4) is 0 Å². The molecule has 5 nitrogen and oxygen atoms in total. The Bertz CT molecular complexity index is 479. The molecule has 1 saturated carbocycles. The summed E-state index contributed by atoms with van der Waals surface area (Å²) in [6.45, 7) is 8.36. The summed E-state index contributed by atoms with van der Waals surface area (Å²) in [5.41, 5.74) is 2.46. The van der Waals surface area contributed by atoms with Gasteiger partial charge in [-0.15, -0.1) is 11.3 Å². The second-order valence-electron chi connectivity index (χ2n) is 7.34. The molecule has 6 heteroatoms. The van der Waals surface area contributed by atoms with Gasteiger partial charge in [-0.3, -0.25) is 0 Å². The minimum atomic E-state index is -0.464. The summed E-state index contributed by atoms with van der Waals surface area (Å²) in [5.74, 6) is 0.603. The summed E-state index contributed by atoms with van der Waals surface area (Å²) in [6, 6.07) is 0.439. The van der Waals surface area contributed by atoms with Crippen LogP contribution in [0.25, 0.3) is 0 Å². The third kappa shape index (κ3) is 6.11. The van der Waals surface area contributed by atoms with Gasteiger partial charge in [-0.25, -0.2) is 9.78 Å². The fourth-order valence-corrected chi connectivity index (χ4v) is 3.72. The standard InChI is InChI=1S/C17H29N3O2S/c1-12(15-10-23-11-19-15)20-14(13-7-5-6-8-13)9-18-16(21)22-17(2,3)4/h10-14,20H,5-9H2,1-4H3,(H,18,21). The maximum atomic E-state index is 11.9. The Morgan fingerprint density at radius 1 is 1.43 bits per heavy atom. The molecule has 0 radical (unpaired) electrons. The third-order valence-electron chi connectivity index (χ3n) is 4.19. The summed E-state index contributed by atoms with van der Waals surface area (Å²) in [6.07, 6.45) is 4.65. The topological polar surface area (TPSA) is 63.2 Å². The Morgan fingerprint density at radius 3 is 2.70 bits per heavy atom. The van der Waals surface area contributed by atoms with Crippen molar-refractivity contribution in [1.29, 1.82) is 0 Å². The van der Waals surface area contributed by atoms with Gasteiger partial charge in [-0.05, 0) is 46.5 Å². The van der Waals surface area contributed by atoms with Crippen molar-refractivity contribution in [2.45, 2.75) is 71.1 Å². The molecule has 2 atom stereocenters. The number of aromatic nitrogens is 1. The lowest BCUT2D eigenvalue weighted by molar-refractivity contribution is 0.0517. The number of alkyl carbamates (subject to hydrolysis) is 1. The van der Waals surface area contributed by atoms with Crippen molar-refractivity contribution in [3.8, 4) is 0 Å². The van der Waals surface area contributed by atoms with Crippen molar-refractivity contribution in [2.24, 2.45) is 5.92 Å². The van der Waals surface area contributed by atoms with E-state index in [2.05, 4.69) is 27.9 Å². The molecule has 1 amide bonds. The van der Waals surface area contributed by atoms with Crippen molar-refractivity contribution >= 4 is 17.4 Å². The Kier molecular flexibility index (Phi) is 6.41. The molecule has 0 saturated heterocycles. The average Bonchev–Trinajstić information content (AvgIpc) is 3.13. The number of ether oxygens (including phenoxy) is 1. The third-order valence-corrected chi connectivity index (χ3v) is 4.80. The molecule has 1 fully saturated rings. The van der Waals surface area contributed by atoms with Gasteiger partial charge in [-0.1, -0.05) is 12.8 Å². The van der Waals surface area contributed by atoms with Crippen LogP contribution in [0, 0.1) is 5.92 Å². The second-order valence-corrected chi connectivity index (χ2v) is 8.05. The van der Waals surface area contributed by atoms with Crippen LogP contribution < -0.4 is 10.6 Å². The van der Waals surface area contributed by atoms with Gasteiger partial charge in [0.05, 0.1) is 11.2 Å². The molecule has 0 aromatic carbocycles. The van der Waals surface area contributed by atoms with Crippen LogP contribution in [0.5, 0.6) is 0 Å². The highest BCUT2D eigenvalue weighted by atomic mass is 32.1. The van der Waals surface area contributed by atoms with Crippen LogP contribution in [-0.2, 0) is 4.74 Å². The number of carbonyl (C=O) groups excluding carboxylic acids is 1. The van der Waals surface area contributed by atoms with Gasteiger partial charge in [0.1, 0.15) is 5.60 Å². The van der Waals surface area contributed by atoms with Gasteiger partial charge in [0.15, 0.2) is 0 Å². The molecule has 1 aromatic heterocycles. The molecule has 1 aliphatic rings. The van der Waals surface area contributed by atoms with E-state index in [0.717, 1.165) is 5.69 Å². The number of carbonyl (C=O) groups is 1. The Labute approximate surface area is 143 Å².